The molecular weight excluding hydrogens is 222 g/mol. The number of nitrogens with one attached hydrogen (secondary N) is 1. The standard InChI is InChI=1S/C16H23NO/c1-17-16(13-7-9-18-10-8-13)15-6-5-12-3-2-4-14(12)11-15/h5-6,11,13,16-17H,2-4,7-10H2,1H3. The molecule has 1 aromatic rings. The first-order valence-corrected chi connectivity index (χ1v) is 7.25. The van der Waals surface area contributed by atoms with Crippen molar-refractivity contribution in [1.82, 2.24) is 5.32 Å². The molecule has 2 heteroatoms. The van der Waals surface area contributed by atoms with E-state index in [0.29, 0.717) is 6.04 Å². The van der Waals surface area contributed by atoms with Crippen LogP contribution in [0.2, 0.25) is 0 Å². The van der Waals surface area contributed by atoms with Crippen LogP contribution in [-0.4, -0.2) is 20.3 Å². The quantitative estimate of drug-likeness (QED) is 0.884. The molecule has 18 heavy (non-hydrogen) atoms. The fraction of sp³-hybridized carbons (Fsp3) is 0.625. The zero-order valence-corrected chi connectivity index (χ0v) is 11.2. The highest BCUT2D eigenvalue weighted by molar-refractivity contribution is 5.36. The molecule has 1 unspecified atom stereocenters. The van der Waals surface area contributed by atoms with Crippen LogP contribution in [0.25, 0.3) is 0 Å². The minimum absolute atomic E-state index is 0.500. The van der Waals surface area contributed by atoms with Crippen LogP contribution in [0.3, 0.4) is 0 Å². The Kier molecular flexibility index (Phi) is 3.67. The number of aryl methyl sites for hydroxylation is 2. The molecule has 0 amide bonds. The van der Waals surface area contributed by atoms with Gasteiger partial charge in [-0.2, -0.15) is 0 Å². The fourth-order valence-electron chi connectivity index (χ4n) is 3.51. The lowest BCUT2D eigenvalue weighted by atomic mass is 9.86. The van der Waals surface area contributed by atoms with E-state index < -0.39 is 0 Å². The van der Waals surface area contributed by atoms with Crippen molar-refractivity contribution in [3.63, 3.8) is 0 Å². The normalized spacial score (nSPS) is 21.8. The summed E-state index contributed by atoms with van der Waals surface area (Å²) in [6.07, 6.45) is 6.25. The number of hydrogen-bond donors (Lipinski definition) is 1. The Morgan fingerprint density at radius 3 is 2.72 bits per heavy atom. The lowest BCUT2D eigenvalue weighted by Gasteiger charge is -2.30. The van der Waals surface area contributed by atoms with Crippen LogP contribution < -0.4 is 5.32 Å². The summed E-state index contributed by atoms with van der Waals surface area (Å²) in [6.45, 7) is 1.85. The number of rotatable bonds is 3. The smallest absolute Gasteiger partial charge is 0.0469 e. The predicted octanol–water partition coefficient (Wildman–Crippen LogP) is 2.86. The summed E-state index contributed by atoms with van der Waals surface area (Å²) >= 11 is 0. The van der Waals surface area contributed by atoms with Gasteiger partial charge in [-0.05, 0) is 61.8 Å². The van der Waals surface area contributed by atoms with Gasteiger partial charge in [0.15, 0.2) is 0 Å². The van der Waals surface area contributed by atoms with Crippen molar-refractivity contribution in [2.75, 3.05) is 20.3 Å². The molecule has 0 saturated carbocycles. The molecule has 0 aromatic heterocycles. The maximum atomic E-state index is 5.48. The van der Waals surface area contributed by atoms with Gasteiger partial charge < -0.3 is 10.1 Å². The van der Waals surface area contributed by atoms with Crippen LogP contribution in [-0.2, 0) is 17.6 Å². The SMILES string of the molecule is CNC(c1ccc2c(c1)CCC2)C1CCOCC1. The predicted molar refractivity (Wildman–Crippen MR) is 73.8 cm³/mol. The van der Waals surface area contributed by atoms with Gasteiger partial charge in [0, 0.05) is 19.3 Å². The highest BCUT2D eigenvalue weighted by Crippen LogP contribution is 2.32. The van der Waals surface area contributed by atoms with Crippen molar-refractivity contribution in [1.29, 1.82) is 0 Å². The summed E-state index contributed by atoms with van der Waals surface area (Å²) in [5.74, 6) is 0.725. The van der Waals surface area contributed by atoms with Crippen molar-refractivity contribution >= 4 is 0 Å². The summed E-state index contributed by atoms with van der Waals surface area (Å²) < 4.78 is 5.48. The number of ether oxygens (including phenoxy) is 1. The topological polar surface area (TPSA) is 21.3 Å². The van der Waals surface area contributed by atoms with Crippen LogP contribution in [0.1, 0.15) is 42.0 Å². The van der Waals surface area contributed by atoms with E-state index in [2.05, 4.69) is 30.6 Å². The first-order valence-electron chi connectivity index (χ1n) is 7.25. The Morgan fingerprint density at radius 1 is 1.17 bits per heavy atom. The van der Waals surface area contributed by atoms with E-state index in [1.165, 1.54) is 37.7 Å². The molecule has 98 valence electrons. The zero-order chi connectivity index (χ0) is 12.4. The van der Waals surface area contributed by atoms with Crippen LogP contribution in [0.5, 0.6) is 0 Å². The van der Waals surface area contributed by atoms with Gasteiger partial charge in [-0.15, -0.1) is 0 Å². The molecule has 1 N–H and O–H groups in total. The minimum atomic E-state index is 0.500. The highest BCUT2D eigenvalue weighted by atomic mass is 16.5. The average Bonchev–Trinajstić information content (AvgIpc) is 2.88. The summed E-state index contributed by atoms with van der Waals surface area (Å²) in [4.78, 5) is 0. The van der Waals surface area contributed by atoms with E-state index in [1.807, 2.05) is 0 Å². The number of hydrogen-bond acceptors (Lipinski definition) is 2. The monoisotopic (exact) mass is 245 g/mol. The molecule has 0 spiro atoms. The lowest BCUT2D eigenvalue weighted by Crippen LogP contribution is -2.30. The Hall–Kier alpha value is -0.860. The molecule has 0 radical (unpaired) electrons. The summed E-state index contributed by atoms with van der Waals surface area (Å²) in [6, 6.07) is 7.63. The minimum Gasteiger partial charge on any atom is -0.381 e. The molecule has 0 bridgehead atoms. The van der Waals surface area contributed by atoms with Crippen LogP contribution in [0.4, 0.5) is 0 Å². The van der Waals surface area contributed by atoms with Gasteiger partial charge in [-0.25, -0.2) is 0 Å². The third-order valence-corrected chi connectivity index (χ3v) is 4.53. The second-order valence-electron chi connectivity index (χ2n) is 5.60. The second-order valence-corrected chi connectivity index (χ2v) is 5.60. The highest BCUT2D eigenvalue weighted by Gasteiger charge is 2.25. The molecule has 1 saturated heterocycles. The first-order chi connectivity index (χ1) is 8.88. The maximum absolute atomic E-state index is 5.48. The molecule has 1 aliphatic heterocycles. The molecular formula is C16H23NO. The average molecular weight is 245 g/mol. The summed E-state index contributed by atoms with van der Waals surface area (Å²) in [5.41, 5.74) is 4.63. The van der Waals surface area contributed by atoms with Gasteiger partial charge in [0.05, 0.1) is 0 Å². The van der Waals surface area contributed by atoms with Gasteiger partial charge in [-0.1, -0.05) is 18.2 Å². The molecule has 2 aliphatic rings. The van der Waals surface area contributed by atoms with E-state index in [4.69, 9.17) is 4.74 Å². The summed E-state index contributed by atoms with van der Waals surface area (Å²) in [7, 11) is 2.09. The Bertz CT molecular complexity index is 410. The molecule has 2 nitrogen and oxygen atoms in total. The Morgan fingerprint density at radius 2 is 1.94 bits per heavy atom. The fourth-order valence-corrected chi connectivity index (χ4v) is 3.51. The second kappa shape index (κ2) is 5.41. The van der Waals surface area contributed by atoms with E-state index in [1.54, 1.807) is 11.1 Å². The van der Waals surface area contributed by atoms with Crippen LogP contribution >= 0.6 is 0 Å². The van der Waals surface area contributed by atoms with Gasteiger partial charge >= 0.3 is 0 Å². The van der Waals surface area contributed by atoms with E-state index in [-0.39, 0.29) is 0 Å². The molecule has 1 aliphatic carbocycles. The third-order valence-electron chi connectivity index (χ3n) is 4.53. The maximum Gasteiger partial charge on any atom is 0.0469 e. The lowest BCUT2D eigenvalue weighted by molar-refractivity contribution is 0.0546. The molecule has 1 heterocycles. The van der Waals surface area contributed by atoms with Crippen molar-refractivity contribution in [3.05, 3.63) is 34.9 Å². The van der Waals surface area contributed by atoms with Crippen molar-refractivity contribution in [3.8, 4) is 0 Å². The molecule has 1 fully saturated rings. The summed E-state index contributed by atoms with van der Waals surface area (Å²) in [5, 5.41) is 3.52. The van der Waals surface area contributed by atoms with Gasteiger partial charge in [0.1, 0.15) is 0 Å². The molecule has 1 atom stereocenters. The molecule has 3 rings (SSSR count). The Labute approximate surface area is 110 Å². The van der Waals surface area contributed by atoms with Crippen molar-refractivity contribution < 1.29 is 4.74 Å². The Balaban J connectivity index is 1.82. The molecule has 1 aromatic carbocycles. The largest absolute Gasteiger partial charge is 0.381 e. The van der Waals surface area contributed by atoms with Crippen molar-refractivity contribution in [2.24, 2.45) is 5.92 Å². The van der Waals surface area contributed by atoms with E-state index in [0.717, 1.165) is 19.1 Å². The van der Waals surface area contributed by atoms with Crippen LogP contribution in [0.15, 0.2) is 18.2 Å². The van der Waals surface area contributed by atoms with Gasteiger partial charge in [-0.3, -0.25) is 0 Å². The number of benzene rings is 1. The van der Waals surface area contributed by atoms with Crippen LogP contribution in [0, 0.1) is 5.92 Å². The number of fused-ring (bicyclic) bond motifs is 1. The van der Waals surface area contributed by atoms with Gasteiger partial charge in [0.25, 0.3) is 0 Å². The third kappa shape index (κ3) is 2.32. The van der Waals surface area contributed by atoms with E-state index >= 15 is 0 Å². The first kappa shape index (κ1) is 12.2. The zero-order valence-electron chi connectivity index (χ0n) is 11.2. The van der Waals surface area contributed by atoms with Crippen molar-refractivity contribution in [2.45, 2.75) is 38.1 Å². The van der Waals surface area contributed by atoms with Gasteiger partial charge in [0.2, 0.25) is 0 Å². The van der Waals surface area contributed by atoms with E-state index in [9.17, 15) is 0 Å².